The van der Waals surface area contributed by atoms with Crippen LogP contribution in [0.5, 0.6) is 0 Å². The van der Waals surface area contributed by atoms with Crippen LogP contribution in [0.15, 0.2) is 33.7 Å². The predicted molar refractivity (Wildman–Crippen MR) is 92.9 cm³/mol. The van der Waals surface area contributed by atoms with Gasteiger partial charge in [-0.05, 0) is 18.9 Å². The molecule has 138 valence electrons. The molecule has 0 aromatic heterocycles. The summed E-state index contributed by atoms with van der Waals surface area (Å²) in [4.78, 5) is 4.42. The van der Waals surface area contributed by atoms with Crippen molar-refractivity contribution in [1.29, 1.82) is 0 Å². The van der Waals surface area contributed by atoms with Crippen molar-refractivity contribution in [2.45, 2.75) is 38.1 Å². The molecule has 0 bridgehead atoms. The number of halogens is 6. The normalized spacial score (nSPS) is 16.2. The molecule has 0 atom stereocenters. The van der Waals surface area contributed by atoms with Gasteiger partial charge in [0.25, 0.3) is 0 Å². The molecule has 2 aromatic carbocycles. The van der Waals surface area contributed by atoms with Crippen molar-refractivity contribution in [2.24, 2.45) is 4.99 Å². The van der Waals surface area contributed by atoms with Crippen molar-refractivity contribution >= 4 is 21.6 Å². The van der Waals surface area contributed by atoms with Crippen LogP contribution < -0.4 is 0 Å². The van der Waals surface area contributed by atoms with Gasteiger partial charge in [0.15, 0.2) is 23.3 Å². The van der Waals surface area contributed by atoms with Crippen molar-refractivity contribution in [1.82, 2.24) is 0 Å². The number of hydrogen-bond donors (Lipinski definition) is 0. The molecule has 1 aliphatic rings. The number of aliphatic imine (C=N–C) groups is 1. The zero-order valence-electron chi connectivity index (χ0n) is 13.6. The molecule has 0 heterocycles. The van der Waals surface area contributed by atoms with E-state index < -0.39 is 34.6 Å². The third-order valence-electron chi connectivity index (χ3n) is 4.46. The van der Waals surface area contributed by atoms with Crippen LogP contribution in [0.4, 0.5) is 22.0 Å². The highest BCUT2D eigenvalue weighted by molar-refractivity contribution is 9.10. The zero-order chi connectivity index (χ0) is 18.8. The van der Waals surface area contributed by atoms with Crippen LogP contribution in [0.2, 0.25) is 0 Å². The summed E-state index contributed by atoms with van der Waals surface area (Å²) in [6.07, 6.45) is 4.29. The van der Waals surface area contributed by atoms with Gasteiger partial charge in [-0.1, -0.05) is 53.4 Å². The van der Waals surface area contributed by atoms with E-state index in [1.807, 2.05) is 0 Å². The SMILES string of the molecule is Fc1c(F)c(F)c(C(=NC2CCCCC2)c2ccccc2Br)c(F)c1F. The topological polar surface area (TPSA) is 12.4 Å². The molecule has 0 N–H and O–H groups in total. The first kappa shape index (κ1) is 19.0. The van der Waals surface area contributed by atoms with Crippen LogP contribution in [0.25, 0.3) is 0 Å². The number of benzene rings is 2. The molecule has 7 heteroatoms. The highest BCUT2D eigenvalue weighted by Gasteiger charge is 2.30. The molecule has 2 aromatic rings. The van der Waals surface area contributed by atoms with Crippen LogP contribution in [-0.4, -0.2) is 11.8 Å². The molecule has 3 rings (SSSR count). The molecule has 0 spiro atoms. The third-order valence-corrected chi connectivity index (χ3v) is 5.15. The Morgan fingerprint density at radius 1 is 0.808 bits per heavy atom. The Morgan fingerprint density at radius 2 is 1.35 bits per heavy atom. The Morgan fingerprint density at radius 3 is 1.92 bits per heavy atom. The minimum absolute atomic E-state index is 0.221. The number of rotatable bonds is 3. The Balaban J connectivity index is 2.26. The second kappa shape index (κ2) is 7.86. The summed E-state index contributed by atoms with van der Waals surface area (Å²) >= 11 is 3.27. The van der Waals surface area contributed by atoms with Crippen molar-refractivity contribution in [3.05, 3.63) is 69.0 Å². The summed E-state index contributed by atoms with van der Waals surface area (Å²) in [7, 11) is 0. The van der Waals surface area contributed by atoms with Gasteiger partial charge in [0.05, 0.1) is 17.3 Å². The molecular weight excluding hydrogens is 417 g/mol. The van der Waals surface area contributed by atoms with Gasteiger partial charge in [0.2, 0.25) is 5.82 Å². The fourth-order valence-electron chi connectivity index (χ4n) is 3.13. The van der Waals surface area contributed by atoms with Gasteiger partial charge in [0, 0.05) is 10.0 Å². The van der Waals surface area contributed by atoms with Crippen molar-refractivity contribution in [3.8, 4) is 0 Å². The molecule has 0 unspecified atom stereocenters. The molecule has 0 saturated heterocycles. The smallest absolute Gasteiger partial charge is 0.200 e. The first-order valence-corrected chi connectivity index (χ1v) is 9.05. The quantitative estimate of drug-likeness (QED) is 0.233. The van der Waals surface area contributed by atoms with Gasteiger partial charge in [-0.15, -0.1) is 0 Å². The number of nitrogens with zero attached hydrogens (tertiary/aromatic N) is 1. The molecule has 1 nitrogen and oxygen atoms in total. The van der Waals surface area contributed by atoms with Crippen LogP contribution in [0.3, 0.4) is 0 Å². The minimum atomic E-state index is -2.17. The molecule has 0 radical (unpaired) electrons. The third kappa shape index (κ3) is 3.54. The maximum atomic E-state index is 14.4. The number of hydrogen-bond acceptors (Lipinski definition) is 1. The summed E-state index contributed by atoms with van der Waals surface area (Å²) in [6, 6.07) is 6.23. The maximum absolute atomic E-state index is 14.4. The Kier molecular flexibility index (Phi) is 5.75. The Labute approximate surface area is 156 Å². The first-order chi connectivity index (χ1) is 12.4. The van der Waals surface area contributed by atoms with Gasteiger partial charge in [-0.25, -0.2) is 22.0 Å². The van der Waals surface area contributed by atoms with Gasteiger partial charge in [0.1, 0.15) is 0 Å². The van der Waals surface area contributed by atoms with Gasteiger partial charge in [-0.2, -0.15) is 0 Å². The van der Waals surface area contributed by atoms with Crippen molar-refractivity contribution in [3.63, 3.8) is 0 Å². The van der Waals surface area contributed by atoms with Crippen LogP contribution in [0, 0.1) is 29.1 Å². The van der Waals surface area contributed by atoms with Crippen molar-refractivity contribution < 1.29 is 22.0 Å². The van der Waals surface area contributed by atoms with Gasteiger partial charge < -0.3 is 0 Å². The predicted octanol–water partition coefficient (Wildman–Crippen LogP) is 6.31. The minimum Gasteiger partial charge on any atom is -0.281 e. The van der Waals surface area contributed by atoms with E-state index in [2.05, 4.69) is 20.9 Å². The largest absolute Gasteiger partial charge is 0.281 e. The standard InChI is InChI=1S/C19H15BrF5N/c20-12-9-5-4-8-11(12)19(26-10-6-2-1-3-7-10)13-14(21)16(23)18(25)17(24)15(13)22/h4-5,8-10H,1-3,6-7H2. The summed E-state index contributed by atoms with van der Waals surface area (Å²) in [5.41, 5.74) is -0.933. The average Bonchev–Trinajstić information content (AvgIpc) is 2.65. The van der Waals surface area contributed by atoms with E-state index in [0.29, 0.717) is 17.3 Å². The lowest BCUT2D eigenvalue weighted by Gasteiger charge is -2.21. The molecular formula is C19H15BrF5N. The lowest BCUT2D eigenvalue weighted by atomic mass is 9.94. The van der Waals surface area contributed by atoms with E-state index in [0.717, 1.165) is 19.3 Å². The molecule has 1 saturated carbocycles. The van der Waals surface area contributed by atoms with E-state index in [4.69, 9.17) is 0 Å². The average molecular weight is 432 g/mol. The Bertz CT molecular complexity index is 830. The fraction of sp³-hybridized carbons (Fsp3) is 0.316. The summed E-state index contributed by atoms with van der Waals surface area (Å²) < 4.78 is 70.2. The lowest BCUT2D eigenvalue weighted by Crippen LogP contribution is -2.19. The second-order valence-corrected chi connectivity index (χ2v) is 7.05. The van der Waals surface area contributed by atoms with E-state index >= 15 is 0 Å². The highest BCUT2D eigenvalue weighted by atomic mass is 79.9. The van der Waals surface area contributed by atoms with Crippen LogP contribution in [0.1, 0.15) is 43.2 Å². The van der Waals surface area contributed by atoms with Crippen LogP contribution >= 0.6 is 15.9 Å². The molecule has 0 aliphatic heterocycles. The van der Waals surface area contributed by atoms with E-state index in [1.165, 1.54) is 6.07 Å². The van der Waals surface area contributed by atoms with E-state index in [9.17, 15) is 22.0 Å². The van der Waals surface area contributed by atoms with E-state index in [1.54, 1.807) is 18.2 Å². The van der Waals surface area contributed by atoms with Gasteiger partial charge in [-0.3, -0.25) is 4.99 Å². The molecule has 26 heavy (non-hydrogen) atoms. The van der Waals surface area contributed by atoms with Crippen molar-refractivity contribution in [2.75, 3.05) is 0 Å². The maximum Gasteiger partial charge on any atom is 0.200 e. The Hall–Kier alpha value is -1.76. The second-order valence-electron chi connectivity index (χ2n) is 6.19. The fourth-order valence-corrected chi connectivity index (χ4v) is 3.60. The van der Waals surface area contributed by atoms with Gasteiger partial charge >= 0.3 is 0 Å². The molecule has 0 amide bonds. The first-order valence-electron chi connectivity index (χ1n) is 8.26. The lowest BCUT2D eigenvalue weighted by molar-refractivity contribution is 0.376. The summed E-state index contributed by atoms with van der Waals surface area (Å²) in [5, 5.41) is 0. The zero-order valence-corrected chi connectivity index (χ0v) is 15.2. The highest BCUT2D eigenvalue weighted by Crippen LogP contribution is 2.30. The molecule has 1 aliphatic carbocycles. The summed E-state index contributed by atoms with van der Waals surface area (Å²) in [6.45, 7) is 0. The monoisotopic (exact) mass is 431 g/mol. The molecule has 1 fully saturated rings. The van der Waals surface area contributed by atoms with E-state index in [-0.39, 0.29) is 17.3 Å². The summed E-state index contributed by atoms with van der Waals surface area (Å²) in [5.74, 6) is -9.85. The van der Waals surface area contributed by atoms with Crippen LogP contribution in [-0.2, 0) is 0 Å².